The van der Waals surface area contributed by atoms with Crippen LogP contribution in [-0.2, 0) is 11.3 Å². The Hall–Kier alpha value is -2.31. The van der Waals surface area contributed by atoms with Crippen molar-refractivity contribution in [3.8, 4) is 0 Å². The molecule has 2 rings (SSSR count). The standard InChI is InChI=1S/C19H31N5O2/c1-2-21-19(24-13-7-8-16(15-24)14-17(20)25)22-10-4-6-12-23-11-5-3-9-18(23)26/h3,5,9,11,16H,2,4,6-8,10,12-15H2,1H3,(H2,20,25)(H,21,22). The summed E-state index contributed by atoms with van der Waals surface area (Å²) in [5, 5.41) is 3.35. The van der Waals surface area contributed by atoms with E-state index in [9.17, 15) is 9.59 Å². The first-order chi connectivity index (χ1) is 12.6. The number of carbonyl (C=O) groups is 1. The highest BCUT2D eigenvalue weighted by Crippen LogP contribution is 2.19. The summed E-state index contributed by atoms with van der Waals surface area (Å²) in [4.78, 5) is 29.8. The molecule has 7 heteroatoms. The van der Waals surface area contributed by atoms with Crippen LogP contribution in [0.5, 0.6) is 0 Å². The molecule has 3 N–H and O–H groups in total. The molecule has 7 nitrogen and oxygen atoms in total. The van der Waals surface area contributed by atoms with Gasteiger partial charge in [-0.05, 0) is 44.6 Å². The van der Waals surface area contributed by atoms with Crippen LogP contribution in [0.3, 0.4) is 0 Å². The molecule has 26 heavy (non-hydrogen) atoms. The summed E-state index contributed by atoms with van der Waals surface area (Å²) in [5.41, 5.74) is 5.39. The van der Waals surface area contributed by atoms with Gasteiger partial charge in [0.2, 0.25) is 11.5 Å². The highest BCUT2D eigenvalue weighted by molar-refractivity contribution is 5.80. The Balaban J connectivity index is 1.83. The molecule has 1 amide bonds. The molecule has 0 aliphatic carbocycles. The maximum atomic E-state index is 11.7. The van der Waals surface area contributed by atoms with Crippen LogP contribution in [0.25, 0.3) is 0 Å². The molecule has 1 aliphatic heterocycles. The first kappa shape index (κ1) is 20.0. The number of aromatic nitrogens is 1. The van der Waals surface area contributed by atoms with Crippen LogP contribution in [0.15, 0.2) is 34.2 Å². The third-order valence-corrected chi connectivity index (χ3v) is 4.61. The zero-order chi connectivity index (χ0) is 18.8. The molecule has 0 aromatic carbocycles. The molecule has 1 saturated heterocycles. The number of nitrogens with two attached hydrogens (primary N) is 1. The topological polar surface area (TPSA) is 92.7 Å². The summed E-state index contributed by atoms with van der Waals surface area (Å²) < 4.78 is 1.73. The van der Waals surface area contributed by atoms with Crippen molar-refractivity contribution < 1.29 is 4.79 Å². The number of pyridine rings is 1. The number of guanidine groups is 1. The van der Waals surface area contributed by atoms with Crippen molar-refractivity contribution in [2.24, 2.45) is 16.6 Å². The highest BCUT2D eigenvalue weighted by atomic mass is 16.1. The van der Waals surface area contributed by atoms with Gasteiger partial charge in [0.25, 0.3) is 0 Å². The van der Waals surface area contributed by atoms with E-state index in [1.807, 2.05) is 12.3 Å². The monoisotopic (exact) mass is 361 g/mol. The summed E-state index contributed by atoms with van der Waals surface area (Å²) in [6.07, 6.45) is 6.21. The van der Waals surface area contributed by atoms with Crippen molar-refractivity contribution in [3.05, 3.63) is 34.7 Å². The Labute approximate surface area is 155 Å². The van der Waals surface area contributed by atoms with Crippen molar-refractivity contribution in [2.45, 2.75) is 45.6 Å². The van der Waals surface area contributed by atoms with Crippen molar-refractivity contribution in [2.75, 3.05) is 26.2 Å². The van der Waals surface area contributed by atoms with Crippen LogP contribution < -0.4 is 16.6 Å². The minimum absolute atomic E-state index is 0.0400. The van der Waals surface area contributed by atoms with Crippen LogP contribution in [0.1, 0.15) is 39.0 Å². The molecular formula is C19H31N5O2. The van der Waals surface area contributed by atoms with Gasteiger partial charge in [0.05, 0.1) is 0 Å². The molecule has 0 saturated carbocycles. The molecule has 0 radical (unpaired) electrons. The van der Waals surface area contributed by atoms with Crippen molar-refractivity contribution in [1.29, 1.82) is 0 Å². The molecule has 1 fully saturated rings. The van der Waals surface area contributed by atoms with E-state index < -0.39 is 0 Å². The summed E-state index contributed by atoms with van der Waals surface area (Å²) in [6, 6.07) is 5.22. The van der Waals surface area contributed by atoms with Gasteiger partial charge in [-0.2, -0.15) is 0 Å². The van der Waals surface area contributed by atoms with Crippen LogP contribution >= 0.6 is 0 Å². The quantitative estimate of drug-likeness (QED) is 0.413. The van der Waals surface area contributed by atoms with Gasteiger partial charge >= 0.3 is 0 Å². The zero-order valence-corrected chi connectivity index (χ0v) is 15.7. The summed E-state index contributed by atoms with van der Waals surface area (Å²) in [6.45, 7) is 6.10. The first-order valence-electron chi connectivity index (χ1n) is 9.57. The smallest absolute Gasteiger partial charge is 0.250 e. The molecule has 1 aromatic heterocycles. The zero-order valence-electron chi connectivity index (χ0n) is 15.7. The fourth-order valence-electron chi connectivity index (χ4n) is 3.36. The lowest BCUT2D eigenvalue weighted by atomic mass is 9.95. The van der Waals surface area contributed by atoms with E-state index in [0.717, 1.165) is 64.4 Å². The molecular weight excluding hydrogens is 330 g/mol. The fourth-order valence-corrected chi connectivity index (χ4v) is 3.36. The number of likely N-dealkylation sites (tertiary alicyclic amines) is 1. The Morgan fingerprint density at radius 2 is 2.23 bits per heavy atom. The normalized spacial score (nSPS) is 18.0. The number of piperidine rings is 1. The molecule has 2 heterocycles. The lowest BCUT2D eigenvalue weighted by Crippen LogP contribution is -2.47. The van der Waals surface area contributed by atoms with Crippen molar-refractivity contribution in [1.82, 2.24) is 14.8 Å². The van der Waals surface area contributed by atoms with Gasteiger partial charge in [-0.25, -0.2) is 0 Å². The second kappa shape index (κ2) is 10.6. The number of aliphatic imine (C=N–C) groups is 1. The number of nitrogens with zero attached hydrogens (tertiary/aromatic N) is 3. The number of hydrogen-bond donors (Lipinski definition) is 2. The number of unbranched alkanes of at least 4 members (excludes halogenated alkanes) is 1. The Bertz CT molecular complexity index is 655. The predicted molar refractivity (Wildman–Crippen MR) is 104 cm³/mol. The fraction of sp³-hybridized carbons (Fsp3) is 0.632. The number of nitrogens with one attached hydrogen (secondary N) is 1. The van der Waals surface area contributed by atoms with Gasteiger partial charge in [0.15, 0.2) is 5.96 Å². The van der Waals surface area contributed by atoms with Gasteiger partial charge in [-0.1, -0.05) is 6.07 Å². The molecule has 0 spiro atoms. The number of amides is 1. The maximum absolute atomic E-state index is 11.7. The number of primary amides is 1. The van der Waals surface area contributed by atoms with Crippen LogP contribution in [0.4, 0.5) is 0 Å². The van der Waals surface area contributed by atoms with E-state index in [0.29, 0.717) is 12.3 Å². The average molecular weight is 361 g/mol. The molecule has 0 bridgehead atoms. The van der Waals surface area contributed by atoms with Crippen LogP contribution in [0, 0.1) is 5.92 Å². The number of aryl methyl sites for hydroxylation is 1. The van der Waals surface area contributed by atoms with E-state index in [-0.39, 0.29) is 11.5 Å². The first-order valence-corrected chi connectivity index (χ1v) is 9.57. The Morgan fingerprint density at radius 3 is 2.96 bits per heavy atom. The molecule has 1 unspecified atom stereocenters. The third kappa shape index (κ3) is 6.54. The second-order valence-corrected chi connectivity index (χ2v) is 6.80. The van der Waals surface area contributed by atoms with Gasteiger partial charge in [0, 0.05) is 51.4 Å². The molecule has 144 valence electrons. The lowest BCUT2D eigenvalue weighted by Gasteiger charge is -2.34. The predicted octanol–water partition coefficient (Wildman–Crippen LogP) is 1.18. The van der Waals surface area contributed by atoms with Gasteiger partial charge in [-0.3, -0.25) is 14.6 Å². The molecule has 1 aromatic rings. The largest absolute Gasteiger partial charge is 0.370 e. The van der Waals surface area contributed by atoms with Crippen LogP contribution in [-0.4, -0.2) is 47.5 Å². The van der Waals surface area contributed by atoms with E-state index in [2.05, 4.69) is 17.1 Å². The van der Waals surface area contributed by atoms with Crippen molar-refractivity contribution in [3.63, 3.8) is 0 Å². The highest BCUT2D eigenvalue weighted by Gasteiger charge is 2.23. The number of hydrogen-bond acceptors (Lipinski definition) is 3. The Kier molecular flexibility index (Phi) is 8.18. The van der Waals surface area contributed by atoms with Crippen LogP contribution in [0.2, 0.25) is 0 Å². The Morgan fingerprint density at radius 1 is 1.38 bits per heavy atom. The average Bonchev–Trinajstić information content (AvgIpc) is 2.61. The van der Waals surface area contributed by atoms with Gasteiger partial charge in [0.1, 0.15) is 0 Å². The summed E-state index contributed by atoms with van der Waals surface area (Å²) >= 11 is 0. The minimum atomic E-state index is -0.227. The van der Waals surface area contributed by atoms with E-state index in [1.54, 1.807) is 16.7 Å². The third-order valence-electron chi connectivity index (χ3n) is 4.61. The van der Waals surface area contributed by atoms with Crippen molar-refractivity contribution >= 4 is 11.9 Å². The SMILES string of the molecule is CCNC(=NCCCCn1ccccc1=O)N1CCCC(CC(N)=O)C1. The number of carbonyl (C=O) groups excluding carboxylic acids is 1. The summed E-state index contributed by atoms with van der Waals surface area (Å²) in [7, 11) is 0. The lowest BCUT2D eigenvalue weighted by molar-refractivity contribution is -0.119. The van der Waals surface area contributed by atoms with E-state index >= 15 is 0 Å². The maximum Gasteiger partial charge on any atom is 0.250 e. The van der Waals surface area contributed by atoms with Gasteiger partial charge in [-0.15, -0.1) is 0 Å². The molecule has 1 aliphatic rings. The minimum Gasteiger partial charge on any atom is -0.370 e. The van der Waals surface area contributed by atoms with Gasteiger partial charge < -0.3 is 20.5 Å². The van der Waals surface area contributed by atoms with E-state index in [4.69, 9.17) is 10.7 Å². The summed E-state index contributed by atoms with van der Waals surface area (Å²) in [5.74, 6) is 1.00. The molecule has 1 atom stereocenters. The number of rotatable bonds is 8. The second-order valence-electron chi connectivity index (χ2n) is 6.80. The van der Waals surface area contributed by atoms with E-state index in [1.165, 1.54) is 0 Å².